The Bertz CT molecular complexity index is 827. The quantitative estimate of drug-likeness (QED) is 0.799. The summed E-state index contributed by atoms with van der Waals surface area (Å²) in [7, 11) is 0. The molecule has 4 heteroatoms. The van der Waals surface area contributed by atoms with E-state index in [-0.39, 0.29) is 5.92 Å². The first-order valence-corrected chi connectivity index (χ1v) is 7.58. The average Bonchev–Trinajstić information content (AvgIpc) is 3.10. The molecule has 114 valence electrons. The maximum atomic E-state index is 8.88. The maximum Gasteiger partial charge on any atom is 0.140 e. The summed E-state index contributed by atoms with van der Waals surface area (Å²) in [5.74, 6) is 0.187. The van der Waals surface area contributed by atoms with Gasteiger partial charge in [0.15, 0.2) is 0 Å². The van der Waals surface area contributed by atoms with E-state index >= 15 is 0 Å². The van der Waals surface area contributed by atoms with Gasteiger partial charge in [-0.2, -0.15) is 5.26 Å². The van der Waals surface area contributed by atoms with E-state index in [0.29, 0.717) is 5.69 Å². The van der Waals surface area contributed by atoms with Crippen molar-refractivity contribution in [2.45, 2.75) is 26.2 Å². The van der Waals surface area contributed by atoms with Gasteiger partial charge in [0.1, 0.15) is 11.8 Å². The second kappa shape index (κ2) is 6.45. The van der Waals surface area contributed by atoms with Gasteiger partial charge in [-0.25, -0.2) is 9.97 Å². The summed E-state index contributed by atoms with van der Waals surface area (Å²) < 4.78 is 0. The number of aromatic nitrogens is 3. The lowest BCUT2D eigenvalue weighted by Crippen LogP contribution is -2.08. The van der Waals surface area contributed by atoms with Crippen LogP contribution in [0.4, 0.5) is 0 Å². The first-order chi connectivity index (χ1) is 11.2. The Balaban J connectivity index is 1.99. The highest BCUT2D eigenvalue weighted by Crippen LogP contribution is 2.30. The third-order valence-corrected chi connectivity index (χ3v) is 4.30. The number of nitriles is 1. The first-order valence-electron chi connectivity index (χ1n) is 7.58. The molecule has 3 rings (SSSR count). The van der Waals surface area contributed by atoms with Crippen molar-refractivity contribution in [3.05, 3.63) is 82.7 Å². The molecule has 1 aromatic carbocycles. The highest BCUT2D eigenvalue weighted by molar-refractivity contribution is 5.40. The molecule has 2 aromatic heterocycles. The number of H-pyrrole nitrogens is 1. The van der Waals surface area contributed by atoms with Gasteiger partial charge in [0.2, 0.25) is 0 Å². The zero-order chi connectivity index (χ0) is 16.2. The number of pyridine rings is 1. The Morgan fingerprint density at radius 2 is 2.04 bits per heavy atom. The van der Waals surface area contributed by atoms with Gasteiger partial charge in [0.25, 0.3) is 0 Å². The Hall–Kier alpha value is -2.93. The number of rotatable bonds is 4. The van der Waals surface area contributed by atoms with Gasteiger partial charge in [-0.05, 0) is 48.6 Å². The Kier molecular flexibility index (Phi) is 4.20. The molecule has 0 saturated heterocycles. The molecule has 0 fully saturated rings. The van der Waals surface area contributed by atoms with E-state index in [2.05, 4.69) is 53.1 Å². The third-order valence-electron chi connectivity index (χ3n) is 4.30. The molecule has 0 amide bonds. The highest BCUT2D eigenvalue weighted by Gasteiger charge is 2.19. The number of hydrogen-bond donors (Lipinski definition) is 1. The standard InChI is InChI=1S/C19H18N4/c1-13-4-3-5-17(14(13)2)18(19-11-21-12-23-19)8-15-6-7-16(9-20)22-10-15/h3-7,10-12,18H,8H2,1-2H3,(H,21,23). The van der Waals surface area contributed by atoms with Gasteiger partial charge in [-0.3, -0.25) is 0 Å². The van der Waals surface area contributed by atoms with E-state index < -0.39 is 0 Å². The number of nitrogens with zero attached hydrogens (tertiary/aromatic N) is 3. The summed E-state index contributed by atoms with van der Waals surface area (Å²) in [6.07, 6.45) is 6.19. The van der Waals surface area contributed by atoms with Gasteiger partial charge in [0.05, 0.1) is 6.33 Å². The van der Waals surface area contributed by atoms with E-state index in [1.54, 1.807) is 18.6 Å². The van der Waals surface area contributed by atoms with Crippen molar-refractivity contribution in [1.29, 1.82) is 5.26 Å². The fourth-order valence-corrected chi connectivity index (χ4v) is 2.84. The molecule has 23 heavy (non-hydrogen) atoms. The Morgan fingerprint density at radius 3 is 2.70 bits per heavy atom. The Labute approximate surface area is 135 Å². The predicted octanol–water partition coefficient (Wildman–Crippen LogP) is 3.67. The van der Waals surface area contributed by atoms with Crippen molar-refractivity contribution in [3.63, 3.8) is 0 Å². The van der Waals surface area contributed by atoms with Crippen LogP contribution < -0.4 is 0 Å². The maximum absolute atomic E-state index is 8.88. The molecule has 4 nitrogen and oxygen atoms in total. The molecule has 0 saturated carbocycles. The second-order valence-corrected chi connectivity index (χ2v) is 5.72. The largest absolute Gasteiger partial charge is 0.348 e. The lowest BCUT2D eigenvalue weighted by atomic mass is 9.86. The van der Waals surface area contributed by atoms with Crippen LogP contribution in [0.5, 0.6) is 0 Å². The van der Waals surface area contributed by atoms with Crippen molar-refractivity contribution in [2.75, 3.05) is 0 Å². The van der Waals surface area contributed by atoms with Crippen LogP contribution in [-0.4, -0.2) is 15.0 Å². The summed E-state index contributed by atoms with van der Waals surface area (Å²) >= 11 is 0. The molecular weight excluding hydrogens is 284 g/mol. The summed E-state index contributed by atoms with van der Waals surface area (Å²) in [5, 5.41) is 8.88. The molecule has 1 unspecified atom stereocenters. The molecule has 3 aromatic rings. The van der Waals surface area contributed by atoms with Crippen molar-refractivity contribution in [2.24, 2.45) is 0 Å². The Morgan fingerprint density at radius 1 is 1.17 bits per heavy atom. The van der Waals surface area contributed by atoms with E-state index in [4.69, 9.17) is 5.26 Å². The minimum Gasteiger partial charge on any atom is -0.348 e. The number of aromatic amines is 1. The van der Waals surface area contributed by atoms with Crippen LogP contribution in [0.2, 0.25) is 0 Å². The van der Waals surface area contributed by atoms with Gasteiger partial charge < -0.3 is 4.98 Å². The van der Waals surface area contributed by atoms with Crippen molar-refractivity contribution < 1.29 is 0 Å². The van der Waals surface area contributed by atoms with Gasteiger partial charge in [-0.1, -0.05) is 24.3 Å². The predicted molar refractivity (Wildman–Crippen MR) is 89.0 cm³/mol. The average molecular weight is 302 g/mol. The molecular formula is C19H18N4. The smallest absolute Gasteiger partial charge is 0.140 e. The molecule has 0 radical (unpaired) electrons. The lowest BCUT2D eigenvalue weighted by molar-refractivity contribution is 0.769. The number of nitrogens with one attached hydrogen (secondary N) is 1. The summed E-state index contributed by atoms with van der Waals surface area (Å²) in [4.78, 5) is 11.6. The molecule has 0 spiro atoms. The van der Waals surface area contributed by atoms with Crippen molar-refractivity contribution in [1.82, 2.24) is 15.0 Å². The fraction of sp³-hybridized carbons (Fsp3) is 0.211. The summed E-state index contributed by atoms with van der Waals surface area (Å²) in [5.41, 5.74) is 6.50. The monoisotopic (exact) mass is 302 g/mol. The van der Waals surface area contributed by atoms with Crippen LogP contribution in [0, 0.1) is 25.2 Å². The topological polar surface area (TPSA) is 65.4 Å². The fourth-order valence-electron chi connectivity index (χ4n) is 2.84. The molecule has 2 heterocycles. The summed E-state index contributed by atoms with van der Waals surface area (Å²) in [6.45, 7) is 4.29. The number of imidazole rings is 1. The van der Waals surface area contributed by atoms with Crippen LogP contribution in [0.1, 0.15) is 39.6 Å². The first kappa shape index (κ1) is 15.0. The zero-order valence-electron chi connectivity index (χ0n) is 13.2. The van der Waals surface area contributed by atoms with Gasteiger partial charge in [-0.15, -0.1) is 0 Å². The normalized spacial score (nSPS) is 11.9. The third kappa shape index (κ3) is 3.14. The van der Waals surface area contributed by atoms with Gasteiger partial charge in [0, 0.05) is 24.0 Å². The number of hydrogen-bond acceptors (Lipinski definition) is 3. The van der Waals surface area contributed by atoms with Crippen molar-refractivity contribution >= 4 is 0 Å². The molecule has 1 N–H and O–H groups in total. The minimum absolute atomic E-state index is 0.187. The molecule has 0 bridgehead atoms. The number of aryl methyl sites for hydroxylation is 1. The molecule has 0 aliphatic rings. The SMILES string of the molecule is Cc1cccc(C(Cc2ccc(C#N)nc2)c2cnc[nH]2)c1C. The second-order valence-electron chi connectivity index (χ2n) is 5.72. The van der Waals surface area contributed by atoms with Crippen LogP contribution in [0.3, 0.4) is 0 Å². The van der Waals surface area contributed by atoms with Crippen molar-refractivity contribution in [3.8, 4) is 6.07 Å². The van der Waals surface area contributed by atoms with E-state index in [0.717, 1.165) is 17.7 Å². The highest BCUT2D eigenvalue weighted by atomic mass is 14.9. The van der Waals surface area contributed by atoms with Crippen LogP contribution >= 0.6 is 0 Å². The molecule has 0 aliphatic carbocycles. The minimum atomic E-state index is 0.187. The van der Waals surface area contributed by atoms with E-state index in [1.165, 1.54) is 16.7 Å². The lowest BCUT2D eigenvalue weighted by Gasteiger charge is -2.19. The molecule has 1 atom stereocenters. The number of benzene rings is 1. The van der Waals surface area contributed by atoms with E-state index in [9.17, 15) is 0 Å². The van der Waals surface area contributed by atoms with Crippen LogP contribution in [0.15, 0.2) is 49.1 Å². The van der Waals surface area contributed by atoms with E-state index in [1.807, 2.05) is 12.3 Å². The van der Waals surface area contributed by atoms with Crippen LogP contribution in [0.25, 0.3) is 0 Å². The zero-order valence-corrected chi connectivity index (χ0v) is 13.2. The van der Waals surface area contributed by atoms with Crippen LogP contribution in [-0.2, 0) is 6.42 Å². The van der Waals surface area contributed by atoms with Gasteiger partial charge >= 0.3 is 0 Å². The summed E-state index contributed by atoms with van der Waals surface area (Å²) in [6, 6.07) is 12.2. The molecule has 0 aliphatic heterocycles.